The third kappa shape index (κ3) is 4.65. The average molecular weight is 642 g/mol. The molecule has 3 aromatic heterocycles. The number of nitriles is 1. The van der Waals surface area contributed by atoms with Crippen LogP contribution in [-0.4, -0.2) is 40.3 Å². The van der Waals surface area contributed by atoms with Crippen LogP contribution in [0.25, 0.3) is 26.9 Å². The van der Waals surface area contributed by atoms with Crippen molar-refractivity contribution in [1.29, 1.82) is 5.26 Å². The van der Waals surface area contributed by atoms with Crippen molar-refractivity contribution in [2.24, 2.45) is 0 Å². The van der Waals surface area contributed by atoms with Crippen molar-refractivity contribution in [3.63, 3.8) is 0 Å². The van der Waals surface area contributed by atoms with Crippen LogP contribution >= 0.6 is 11.3 Å². The largest absolute Gasteiger partial charge is 2.00 e. The van der Waals surface area contributed by atoms with E-state index < -0.39 is 0 Å². The molecule has 0 aromatic carbocycles. The molecule has 30 heavy (non-hydrogen) atoms. The van der Waals surface area contributed by atoms with Crippen LogP contribution in [0.2, 0.25) is 12.6 Å². The Balaban J connectivity index is 0.000000200. The fraction of sp³-hybridized carbons (Fsp3) is 0.400. The molecule has 0 N–H and O–H groups in total. The predicted octanol–water partition coefficient (Wildman–Crippen LogP) is 4.94. The van der Waals surface area contributed by atoms with Crippen LogP contribution < -0.4 is 0 Å². The molecule has 5 heterocycles. The molecule has 0 unspecified atom stereocenters. The van der Waals surface area contributed by atoms with Gasteiger partial charge in [0.15, 0.2) is 5.65 Å². The molecule has 2 aliphatic heterocycles. The Morgan fingerprint density at radius 2 is 2.07 bits per heavy atom. The molecule has 0 radical (unpaired) electrons. The molecule has 1 saturated heterocycles. The molecule has 5 rings (SSSR count). The minimum absolute atomic E-state index is 0. The van der Waals surface area contributed by atoms with Gasteiger partial charge in [0.2, 0.25) is 0 Å². The number of hydrogen-bond donors (Lipinski definition) is 0. The maximum atomic E-state index is 11.3. The maximum absolute atomic E-state index is 11.3. The number of rotatable bonds is 2. The second kappa shape index (κ2) is 9.66. The van der Waals surface area contributed by atoms with E-state index >= 15 is 0 Å². The van der Waals surface area contributed by atoms with Crippen LogP contribution in [0.3, 0.4) is 0 Å². The zero-order valence-electron chi connectivity index (χ0n) is 17.2. The molecule has 1 fully saturated rings. The van der Waals surface area contributed by atoms with Crippen LogP contribution in [-0.2, 0) is 0 Å². The number of nitrogens with zero attached hydrogens (tertiary/aromatic N) is 6. The molecule has 7 nitrogen and oxygen atoms in total. The Labute approximate surface area is 204 Å². The SMILES string of the molecule is C[N-]C1CCB(C#N)CC1.Cc1cn2nc(-c3cc4c(s3)C(=O)[N-]4)cc(C)c2n1.[U+2]. The van der Waals surface area contributed by atoms with Crippen molar-refractivity contribution in [3.05, 3.63) is 45.1 Å². The number of carbonyl (C=O) groups is 1. The fourth-order valence-electron chi connectivity index (χ4n) is 3.68. The Hall–Kier alpha value is -1.64. The molecule has 150 valence electrons. The van der Waals surface area contributed by atoms with E-state index in [9.17, 15) is 4.79 Å². The topological polar surface area (TPSA) is 99.2 Å². The van der Waals surface area contributed by atoms with Crippen molar-refractivity contribution >= 4 is 35.3 Å². The second-order valence-electron chi connectivity index (χ2n) is 7.50. The zero-order valence-corrected chi connectivity index (χ0v) is 22.2. The van der Waals surface area contributed by atoms with Crippen molar-refractivity contribution in [2.45, 2.75) is 45.4 Å². The van der Waals surface area contributed by atoms with E-state index in [-0.39, 0.29) is 37.0 Å². The Morgan fingerprint density at radius 3 is 2.67 bits per heavy atom. The number of amides is 1. The summed E-state index contributed by atoms with van der Waals surface area (Å²) in [7, 11) is 1.87. The van der Waals surface area contributed by atoms with Crippen molar-refractivity contribution in [2.75, 3.05) is 7.05 Å². The number of fused-ring (bicyclic) bond motifs is 2. The zero-order chi connectivity index (χ0) is 20.5. The first-order valence-electron chi connectivity index (χ1n) is 9.71. The first kappa shape index (κ1) is 23.0. The molecule has 2 aliphatic rings. The van der Waals surface area contributed by atoms with Gasteiger partial charge in [-0.15, -0.1) is 23.1 Å². The molecule has 3 aromatic rings. The van der Waals surface area contributed by atoms with Crippen molar-refractivity contribution in [3.8, 4) is 16.5 Å². The molecular weight excluding hydrogens is 621 g/mol. The fourth-order valence-corrected chi connectivity index (χ4v) is 4.62. The summed E-state index contributed by atoms with van der Waals surface area (Å²) in [5, 5.41) is 21.2. The van der Waals surface area contributed by atoms with Gasteiger partial charge in [-0.25, -0.2) is 14.8 Å². The van der Waals surface area contributed by atoms with Gasteiger partial charge in [-0.3, -0.25) is 0 Å². The summed E-state index contributed by atoms with van der Waals surface area (Å²) < 4.78 is 1.79. The summed E-state index contributed by atoms with van der Waals surface area (Å²) in [4.78, 5) is 17.4. The summed E-state index contributed by atoms with van der Waals surface area (Å²) in [5.41, 5.74) is 4.51. The first-order valence-corrected chi connectivity index (χ1v) is 10.5. The van der Waals surface area contributed by atoms with Gasteiger partial charge in [-0.1, -0.05) is 31.5 Å². The van der Waals surface area contributed by atoms with Crippen molar-refractivity contribution in [1.82, 2.24) is 14.6 Å². The number of imidazole rings is 1. The molecule has 0 atom stereocenters. The van der Waals surface area contributed by atoms with E-state index in [1.54, 1.807) is 4.52 Å². The summed E-state index contributed by atoms with van der Waals surface area (Å²) in [6, 6.07) is 4.46. The standard InChI is InChI=1S/C13H10N4OS.C7H12BN2.U/c1-6-3-8(16-17-5-7(2)14-12(6)17)10-4-9-11(19-10)13(18)15-9;1-10-7-2-4-8(6-9)5-3-7;/h3-5H,1-2H3,(H,15,18);7H,2-5H2,1H3;/q;-1;+2/p-1. The average Bonchev–Trinajstić information content (AvgIpc) is 3.28. The second-order valence-corrected chi connectivity index (χ2v) is 8.55. The summed E-state index contributed by atoms with van der Waals surface area (Å²) >= 11 is 1.45. The van der Waals surface area contributed by atoms with E-state index in [0.717, 1.165) is 63.5 Å². The van der Waals surface area contributed by atoms with Gasteiger partial charge in [0.05, 0.1) is 22.7 Å². The molecule has 1 amide bonds. The van der Waals surface area contributed by atoms with Gasteiger partial charge >= 0.3 is 31.1 Å². The predicted molar refractivity (Wildman–Crippen MR) is 116 cm³/mol. The Kier molecular flexibility index (Phi) is 7.41. The van der Waals surface area contributed by atoms with Gasteiger partial charge in [0.25, 0.3) is 6.71 Å². The minimum atomic E-state index is -0.123. The van der Waals surface area contributed by atoms with Gasteiger partial charge in [0.1, 0.15) is 5.69 Å². The minimum Gasteiger partial charge on any atom is -0.662 e. The molecule has 0 bridgehead atoms. The first-order chi connectivity index (χ1) is 14.0. The van der Waals surface area contributed by atoms with Gasteiger partial charge < -0.3 is 15.4 Å². The number of aromatic nitrogens is 3. The van der Waals surface area contributed by atoms with E-state index in [4.69, 9.17) is 5.26 Å². The van der Waals surface area contributed by atoms with Crippen molar-refractivity contribution < 1.29 is 35.9 Å². The quantitative estimate of drug-likeness (QED) is 0.370. The number of hydrogen-bond acceptors (Lipinski definition) is 5. The number of thiophene rings is 1. The Morgan fingerprint density at radius 1 is 1.33 bits per heavy atom. The molecule has 0 aliphatic carbocycles. The van der Waals surface area contributed by atoms with Gasteiger partial charge in [0, 0.05) is 10.8 Å². The van der Waals surface area contributed by atoms with Crippen LogP contribution in [0.15, 0.2) is 18.3 Å². The summed E-state index contributed by atoms with van der Waals surface area (Å²) in [6.45, 7) is 4.27. The summed E-state index contributed by atoms with van der Waals surface area (Å²) in [6.07, 6.45) is 6.25. The third-order valence-corrected chi connectivity index (χ3v) is 6.49. The van der Waals surface area contributed by atoms with Crippen LogP contribution in [0.5, 0.6) is 0 Å². The molecule has 10 heteroatoms. The summed E-state index contributed by atoms with van der Waals surface area (Å²) in [5.74, 6) is 2.18. The monoisotopic (exact) mass is 642 g/mol. The molecule has 0 spiro atoms. The number of carbonyl (C=O) groups excluding carboxylic acids is 1. The Bertz CT molecular complexity index is 1110. The normalized spacial score (nSPS) is 15.3. The smallest absolute Gasteiger partial charge is 0.662 e. The van der Waals surface area contributed by atoms with Gasteiger partial charge in [-0.2, -0.15) is 12.1 Å². The molecular formula is C20H21BN6OSU. The maximum Gasteiger partial charge on any atom is 2.00 e. The third-order valence-electron chi connectivity index (χ3n) is 5.36. The van der Waals surface area contributed by atoms with Crippen LogP contribution in [0, 0.1) is 56.2 Å². The van der Waals surface area contributed by atoms with E-state index in [2.05, 4.69) is 26.7 Å². The van der Waals surface area contributed by atoms with E-state index in [0.29, 0.717) is 12.8 Å². The number of aryl methyl sites for hydroxylation is 2. The van der Waals surface area contributed by atoms with Gasteiger partial charge in [-0.05, 0) is 25.5 Å². The molecule has 0 saturated carbocycles. The van der Waals surface area contributed by atoms with E-state index in [1.807, 2.05) is 39.2 Å². The van der Waals surface area contributed by atoms with E-state index in [1.165, 1.54) is 11.3 Å². The van der Waals surface area contributed by atoms with Crippen LogP contribution in [0.1, 0.15) is 33.8 Å². The van der Waals surface area contributed by atoms with Crippen LogP contribution in [0.4, 0.5) is 5.69 Å².